The molecule has 2 unspecified atom stereocenters. The molecular formula is C21H31N3O5S. The number of ether oxygens (including phenoxy) is 1. The molecule has 8 nitrogen and oxygen atoms in total. The summed E-state index contributed by atoms with van der Waals surface area (Å²) in [6.07, 6.45) is 1.28. The van der Waals surface area contributed by atoms with Crippen LogP contribution >= 0.6 is 0 Å². The third-order valence-corrected chi connectivity index (χ3v) is 7.47. The fraction of sp³-hybridized carbons (Fsp3) is 0.619. The monoisotopic (exact) mass is 437 g/mol. The summed E-state index contributed by atoms with van der Waals surface area (Å²) in [4.78, 5) is 25.9. The lowest BCUT2D eigenvalue weighted by molar-refractivity contribution is -0.119. The van der Waals surface area contributed by atoms with Crippen LogP contribution in [0.3, 0.4) is 0 Å². The predicted molar refractivity (Wildman–Crippen MR) is 113 cm³/mol. The Kier molecular flexibility index (Phi) is 7.15. The molecule has 0 spiro atoms. The minimum atomic E-state index is -3.70. The molecule has 1 aromatic carbocycles. The summed E-state index contributed by atoms with van der Waals surface area (Å²) in [7, 11) is -3.70. The first-order valence-corrected chi connectivity index (χ1v) is 11.9. The molecule has 3 rings (SSSR count). The number of benzene rings is 1. The van der Waals surface area contributed by atoms with Gasteiger partial charge in [-0.25, -0.2) is 8.42 Å². The highest BCUT2D eigenvalue weighted by Gasteiger charge is 2.33. The lowest BCUT2D eigenvalue weighted by Crippen LogP contribution is -2.48. The summed E-state index contributed by atoms with van der Waals surface area (Å²) in [6, 6.07) is 6.30. The number of carbonyl (C=O) groups is 2. The van der Waals surface area contributed by atoms with Gasteiger partial charge in [-0.3, -0.25) is 9.59 Å². The highest BCUT2D eigenvalue weighted by molar-refractivity contribution is 7.89. The number of hydrogen-bond donors (Lipinski definition) is 1. The smallest absolute Gasteiger partial charge is 0.253 e. The van der Waals surface area contributed by atoms with Crippen LogP contribution in [0.15, 0.2) is 29.2 Å². The van der Waals surface area contributed by atoms with E-state index in [1.54, 1.807) is 17.0 Å². The molecule has 2 aliphatic heterocycles. The number of carbonyl (C=O) groups excluding carboxylic acids is 2. The van der Waals surface area contributed by atoms with Gasteiger partial charge in [0.05, 0.1) is 17.1 Å². The van der Waals surface area contributed by atoms with Gasteiger partial charge in [-0.15, -0.1) is 0 Å². The van der Waals surface area contributed by atoms with Crippen LogP contribution in [0.2, 0.25) is 0 Å². The normalized spacial score (nSPS) is 23.9. The summed E-state index contributed by atoms with van der Waals surface area (Å²) in [5, 5.41) is 2.83. The molecule has 1 aromatic rings. The second kappa shape index (κ2) is 9.45. The van der Waals surface area contributed by atoms with E-state index < -0.39 is 10.0 Å². The zero-order valence-electron chi connectivity index (χ0n) is 17.8. The summed E-state index contributed by atoms with van der Waals surface area (Å²) in [6.45, 7) is 7.62. The zero-order valence-corrected chi connectivity index (χ0v) is 18.7. The van der Waals surface area contributed by atoms with E-state index in [1.165, 1.54) is 23.4 Å². The molecule has 30 heavy (non-hydrogen) atoms. The summed E-state index contributed by atoms with van der Waals surface area (Å²) >= 11 is 0. The van der Waals surface area contributed by atoms with E-state index in [0.717, 1.165) is 12.8 Å². The molecule has 2 amide bonds. The second-order valence-corrected chi connectivity index (χ2v) is 10.2. The van der Waals surface area contributed by atoms with E-state index in [1.807, 2.05) is 13.8 Å². The Labute approximate surface area is 178 Å². The Morgan fingerprint density at radius 1 is 1.13 bits per heavy atom. The van der Waals surface area contributed by atoms with Crippen molar-refractivity contribution in [3.63, 3.8) is 0 Å². The van der Waals surface area contributed by atoms with Crippen molar-refractivity contribution in [2.24, 2.45) is 5.92 Å². The predicted octanol–water partition coefficient (Wildman–Crippen LogP) is 1.47. The summed E-state index contributed by atoms with van der Waals surface area (Å²) < 4.78 is 33.3. The van der Waals surface area contributed by atoms with Crippen LogP contribution < -0.4 is 5.32 Å². The van der Waals surface area contributed by atoms with Gasteiger partial charge in [-0.2, -0.15) is 4.31 Å². The van der Waals surface area contributed by atoms with E-state index in [0.29, 0.717) is 44.2 Å². The first-order valence-electron chi connectivity index (χ1n) is 10.5. The highest BCUT2D eigenvalue weighted by atomic mass is 32.2. The third kappa shape index (κ3) is 5.39. The topological polar surface area (TPSA) is 96.0 Å². The molecule has 166 valence electrons. The van der Waals surface area contributed by atoms with E-state index >= 15 is 0 Å². The van der Waals surface area contributed by atoms with Gasteiger partial charge in [0.25, 0.3) is 5.91 Å². The molecule has 0 bridgehead atoms. The van der Waals surface area contributed by atoms with Crippen molar-refractivity contribution in [2.75, 3.05) is 32.7 Å². The molecule has 1 N–H and O–H groups in total. The number of hydrogen-bond acceptors (Lipinski definition) is 5. The average Bonchev–Trinajstić information content (AvgIpc) is 2.71. The number of amides is 2. The van der Waals surface area contributed by atoms with Crippen LogP contribution in [0.25, 0.3) is 0 Å². The average molecular weight is 438 g/mol. The summed E-state index contributed by atoms with van der Waals surface area (Å²) in [5.74, 6) is 0.152. The van der Waals surface area contributed by atoms with Crippen LogP contribution in [-0.4, -0.2) is 74.4 Å². The molecule has 2 saturated heterocycles. The Balaban J connectivity index is 1.68. The van der Waals surface area contributed by atoms with Gasteiger partial charge in [-0.05, 0) is 50.8 Å². The zero-order chi connectivity index (χ0) is 21.9. The molecule has 0 saturated carbocycles. The van der Waals surface area contributed by atoms with Gasteiger partial charge in [0.2, 0.25) is 15.9 Å². The van der Waals surface area contributed by atoms with Gasteiger partial charge in [0, 0.05) is 45.2 Å². The van der Waals surface area contributed by atoms with Crippen molar-refractivity contribution in [2.45, 2.75) is 50.7 Å². The van der Waals surface area contributed by atoms with Crippen LogP contribution in [0.5, 0.6) is 0 Å². The second-order valence-electron chi connectivity index (χ2n) is 8.28. The molecule has 2 fully saturated rings. The molecule has 0 aromatic heterocycles. The van der Waals surface area contributed by atoms with Crippen molar-refractivity contribution in [3.05, 3.63) is 29.8 Å². The number of morpholine rings is 1. The standard InChI is InChI=1S/C21H31N3O5S/c1-15-13-24(14-16(2)29-15)30(27,28)20-6-4-5-19(11-20)21(26)23-9-7-18(8-10-23)12-22-17(3)25/h4-6,11,15-16,18H,7-10,12-14H2,1-3H3,(H,22,25). The first-order chi connectivity index (χ1) is 14.2. The lowest BCUT2D eigenvalue weighted by Gasteiger charge is -2.34. The number of sulfonamides is 1. The van der Waals surface area contributed by atoms with Crippen LogP contribution in [0.4, 0.5) is 0 Å². The Morgan fingerprint density at radius 2 is 1.77 bits per heavy atom. The molecule has 9 heteroatoms. The van der Waals surface area contributed by atoms with Gasteiger partial charge in [0.1, 0.15) is 0 Å². The number of rotatable bonds is 5. The molecular weight excluding hydrogens is 406 g/mol. The quantitative estimate of drug-likeness (QED) is 0.753. The van der Waals surface area contributed by atoms with Crippen LogP contribution in [-0.2, 0) is 19.6 Å². The largest absolute Gasteiger partial charge is 0.373 e. The van der Waals surface area contributed by atoms with Crippen molar-refractivity contribution >= 4 is 21.8 Å². The van der Waals surface area contributed by atoms with Crippen molar-refractivity contribution in [1.82, 2.24) is 14.5 Å². The minimum absolute atomic E-state index is 0.0458. The maximum atomic E-state index is 13.1. The van der Waals surface area contributed by atoms with E-state index in [-0.39, 0.29) is 28.9 Å². The maximum Gasteiger partial charge on any atom is 0.253 e. The van der Waals surface area contributed by atoms with E-state index in [4.69, 9.17) is 4.74 Å². The van der Waals surface area contributed by atoms with Gasteiger partial charge in [-0.1, -0.05) is 6.07 Å². The number of nitrogens with one attached hydrogen (secondary N) is 1. The fourth-order valence-corrected chi connectivity index (χ4v) is 5.71. The van der Waals surface area contributed by atoms with Gasteiger partial charge in [0.15, 0.2) is 0 Å². The van der Waals surface area contributed by atoms with Crippen molar-refractivity contribution in [3.8, 4) is 0 Å². The molecule has 2 aliphatic rings. The highest BCUT2D eigenvalue weighted by Crippen LogP contribution is 2.24. The van der Waals surface area contributed by atoms with Crippen molar-refractivity contribution < 1.29 is 22.7 Å². The molecule has 2 heterocycles. The van der Waals surface area contributed by atoms with Gasteiger partial charge < -0.3 is 15.0 Å². The van der Waals surface area contributed by atoms with Gasteiger partial charge >= 0.3 is 0 Å². The SMILES string of the molecule is CC(=O)NCC1CCN(C(=O)c2cccc(S(=O)(=O)N3CC(C)OC(C)C3)c2)CC1. The van der Waals surface area contributed by atoms with Crippen molar-refractivity contribution in [1.29, 1.82) is 0 Å². The number of nitrogens with zero attached hydrogens (tertiary/aromatic N) is 2. The Morgan fingerprint density at radius 3 is 2.37 bits per heavy atom. The Bertz CT molecular complexity index is 870. The minimum Gasteiger partial charge on any atom is -0.373 e. The van der Waals surface area contributed by atoms with E-state index in [9.17, 15) is 18.0 Å². The number of piperidine rings is 1. The summed E-state index contributed by atoms with van der Waals surface area (Å²) in [5.41, 5.74) is 0.380. The van der Waals surface area contributed by atoms with Crippen LogP contribution in [0.1, 0.15) is 44.0 Å². The third-order valence-electron chi connectivity index (χ3n) is 5.65. The number of likely N-dealkylation sites (tertiary alicyclic amines) is 1. The molecule has 2 atom stereocenters. The molecule has 0 radical (unpaired) electrons. The van der Waals surface area contributed by atoms with E-state index in [2.05, 4.69) is 5.32 Å². The first kappa shape index (κ1) is 22.7. The lowest BCUT2D eigenvalue weighted by atomic mass is 9.96. The Hall–Kier alpha value is -1.97. The maximum absolute atomic E-state index is 13.1. The van der Waals surface area contributed by atoms with Crippen LogP contribution in [0, 0.1) is 5.92 Å². The molecule has 0 aliphatic carbocycles. The fourth-order valence-electron chi connectivity index (χ4n) is 4.08.